The van der Waals surface area contributed by atoms with Gasteiger partial charge in [-0.2, -0.15) is 0 Å². The van der Waals surface area contributed by atoms with Gasteiger partial charge in [0.1, 0.15) is 17.9 Å². The monoisotopic (exact) mass is 527 g/mol. The number of amides is 1. The molecule has 1 amide bonds. The predicted molar refractivity (Wildman–Crippen MR) is 134 cm³/mol. The molecule has 0 spiro atoms. The topological polar surface area (TPSA) is 134 Å². The summed E-state index contributed by atoms with van der Waals surface area (Å²) in [6.45, 7) is 0.222. The van der Waals surface area contributed by atoms with Crippen molar-refractivity contribution in [3.8, 4) is 17.2 Å². The van der Waals surface area contributed by atoms with Crippen molar-refractivity contribution in [1.29, 1.82) is 0 Å². The SMILES string of the molecule is COc1cc2c(cc1OC)[C@@H](COc1ccc([N+](=O)[O-])cc1)N(C(=O)c1cc(Cl)ccc1[N+](=O)[O-])CC2. The van der Waals surface area contributed by atoms with E-state index in [1.54, 1.807) is 6.07 Å². The van der Waals surface area contributed by atoms with Crippen LogP contribution >= 0.6 is 11.6 Å². The molecule has 12 heteroatoms. The van der Waals surface area contributed by atoms with Crippen molar-refractivity contribution >= 4 is 28.9 Å². The fourth-order valence-electron chi connectivity index (χ4n) is 4.28. The number of hydrogen-bond donors (Lipinski definition) is 0. The number of fused-ring (bicyclic) bond motifs is 1. The van der Waals surface area contributed by atoms with Crippen LogP contribution in [0.25, 0.3) is 0 Å². The lowest BCUT2D eigenvalue weighted by atomic mass is 9.91. The van der Waals surface area contributed by atoms with Gasteiger partial charge < -0.3 is 19.1 Å². The van der Waals surface area contributed by atoms with Crippen molar-refractivity contribution in [2.45, 2.75) is 12.5 Å². The van der Waals surface area contributed by atoms with E-state index >= 15 is 0 Å². The van der Waals surface area contributed by atoms with Gasteiger partial charge in [-0.3, -0.25) is 25.0 Å². The van der Waals surface area contributed by atoms with Crippen LogP contribution in [-0.2, 0) is 6.42 Å². The molecule has 1 atom stereocenters. The van der Waals surface area contributed by atoms with Gasteiger partial charge in [-0.15, -0.1) is 0 Å². The highest BCUT2D eigenvalue weighted by molar-refractivity contribution is 6.31. The van der Waals surface area contributed by atoms with Gasteiger partial charge in [0.25, 0.3) is 17.3 Å². The van der Waals surface area contributed by atoms with E-state index in [0.29, 0.717) is 23.7 Å². The molecule has 192 valence electrons. The van der Waals surface area contributed by atoms with Crippen molar-refractivity contribution in [3.63, 3.8) is 0 Å². The second-order valence-corrected chi connectivity index (χ2v) is 8.59. The number of carbonyl (C=O) groups is 1. The molecular formula is C25H22ClN3O8. The number of benzene rings is 3. The average Bonchev–Trinajstić information content (AvgIpc) is 2.90. The minimum atomic E-state index is -0.662. The highest BCUT2D eigenvalue weighted by Crippen LogP contribution is 2.39. The Bertz CT molecular complexity index is 1360. The van der Waals surface area contributed by atoms with Crippen LogP contribution in [0.4, 0.5) is 11.4 Å². The van der Waals surface area contributed by atoms with Crippen LogP contribution in [0, 0.1) is 20.2 Å². The van der Waals surface area contributed by atoms with Gasteiger partial charge in [-0.05, 0) is 53.9 Å². The van der Waals surface area contributed by atoms with Gasteiger partial charge in [0.15, 0.2) is 11.5 Å². The molecule has 0 fully saturated rings. The number of nitro groups is 2. The molecule has 0 saturated heterocycles. The minimum absolute atomic E-state index is 0.0274. The Morgan fingerprint density at radius 1 is 1.00 bits per heavy atom. The molecule has 37 heavy (non-hydrogen) atoms. The van der Waals surface area contributed by atoms with Gasteiger partial charge in [0, 0.05) is 29.8 Å². The van der Waals surface area contributed by atoms with Gasteiger partial charge in [0.2, 0.25) is 0 Å². The summed E-state index contributed by atoms with van der Waals surface area (Å²) in [5.41, 5.74) is 1.05. The summed E-state index contributed by atoms with van der Waals surface area (Å²) < 4.78 is 16.8. The third-order valence-electron chi connectivity index (χ3n) is 6.10. The van der Waals surface area contributed by atoms with Crippen LogP contribution in [0.2, 0.25) is 5.02 Å². The lowest BCUT2D eigenvalue weighted by molar-refractivity contribution is -0.385. The summed E-state index contributed by atoms with van der Waals surface area (Å²) in [7, 11) is 3.02. The first-order chi connectivity index (χ1) is 17.7. The Kier molecular flexibility index (Phi) is 7.44. The summed E-state index contributed by atoms with van der Waals surface area (Å²) in [6.07, 6.45) is 0.462. The van der Waals surface area contributed by atoms with Crippen LogP contribution in [0.15, 0.2) is 54.6 Å². The summed E-state index contributed by atoms with van der Waals surface area (Å²) in [6, 6.07) is 12.3. The first kappa shape index (κ1) is 25.7. The molecule has 0 aromatic heterocycles. The van der Waals surface area contributed by atoms with Crippen molar-refractivity contribution in [1.82, 2.24) is 4.90 Å². The Hall–Kier alpha value is -4.38. The lowest BCUT2D eigenvalue weighted by Gasteiger charge is -2.37. The number of methoxy groups -OCH3 is 2. The Morgan fingerprint density at radius 3 is 2.30 bits per heavy atom. The van der Waals surface area contributed by atoms with Gasteiger partial charge >= 0.3 is 0 Å². The molecule has 1 aliphatic rings. The van der Waals surface area contributed by atoms with E-state index in [2.05, 4.69) is 0 Å². The summed E-state index contributed by atoms with van der Waals surface area (Å²) >= 11 is 6.07. The third-order valence-corrected chi connectivity index (χ3v) is 6.34. The van der Waals surface area contributed by atoms with E-state index in [1.807, 2.05) is 6.07 Å². The zero-order valence-corrected chi connectivity index (χ0v) is 20.6. The van der Waals surface area contributed by atoms with Crippen LogP contribution < -0.4 is 14.2 Å². The quantitative estimate of drug-likeness (QED) is 0.295. The Labute approximate surface area is 216 Å². The number of ether oxygens (including phenoxy) is 3. The number of hydrogen-bond acceptors (Lipinski definition) is 8. The van der Waals surface area contributed by atoms with Crippen LogP contribution in [0.1, 0.15) is 27.5 Å². The number of nitro benzene ring substituents is 2. The standard InChI is InChI=1S/C25H22ClN3O8/c1-35-23-11-15-9-10-27(25(30)20-12-16(26)3-8-21(20)29(33)34)22(19(15)13-24(23)36-2)14-37-18-6-4-17(5-7-18)28(31)32/h3-8,11-13,22H,9-10,14H2,1-2H3/t22-/m1/s1. The highest BCUT2D eigenvalue weighted by atomic mass is 35.5. The summed E-state index contributed by atoms with van der Waals surface area (Å²) in [4.78, 5) is 36.6. The number of nitrogens with zero attached hydrogens (tertiary/aromatic N) is 3. The Balaban J connectivity index is 1.74. The maximum atomic E-state index is 13.7. The second-order valence-electron chi connectivity index (χ2n) is 8.15. The third kappa shape index (κ3) is 5.26. The van der Waals surface area contributed by atoms with E-state index in [-0.39, 0.29) is 35.1 Å². The largest absolute Gasteiger partial charge is 0.493 e. The van der Waals surface area contributed by atoms with E-state index in [9.17, 15) is 25.0 Å². The van der Waals surface area contributed by atoms with Crippen LogP contribution in [0.3, 0.4) is 0 Å². The molecule has 1 heterocycles. The zero-order chi connectivity index (χ0) is 26.7. The van der Waals surface area contributed by atoms with Gasteiger partial charge in [0.05, 0.1) is 30.1 Å². The molecule has 1 aliphatic heterocycles. The average molecular weight is 528 g/mol. The molecule has 0 aliphatic carbocycles. The highest BCUT2D eigenvalue weighted by Gasteiger charge is 2.36. The summed E-state index contributed by atoms with van der Waals surface area (Å²) in [5, 5.41) is 22.8. The normalized spacial score (nSPS) is 14.5. The molecule has 4 rings (SSSR count). The maximum Gasteiger partial charge on any atom is 0.282 e. The van der Waals surface area contributed by atoms with Crippen molar-refractivity contribution in [2.24, 2.45) is 0 Å². The molecule has 0 radical (unpaired) electrons. The maximum absolute atomic E-state index is 13.7. The van der Waals surface area contributed by atoms with E-state index in [1.165, 1.54) is 61.6 Å². The number of carbonyl (C=O) groups excluding carboxylic acids is 1. The van der Waals surface area contributed by atoms with Crippen molar-refractivity contribution < 1.29 is 28.9 Å². The van der Waals surface area contributed by atoms with Crippen LogP contribution in [-0.4, -0.2) is 48.0 Å². The number of non-ortho nitro benzene ring substituents is 1. The van der Waals surface area contributed by atoms with E-state index in [0.717, 1.165) is 11.1 Å². The molecule has 0 bridgehead atoms. The molecule has 0 N–H and O–H groups in total. The number of halogens is 1. The van der Waals surface area contributed by atoms with Crippen molar-refractivity contribution in [2.75, 3.05) is 27.4 Å². The van der Waals surface area contributed by atoms with E-state index < -0.39 is 21.8 Å². The molecule has 0 saturated carbocycles. The minimum Gasteiger partial charge on any atom is -0.493 e. The lowest BCUT2D eigenvalue weighted by Crippen LogP contribution is -2.42. The number of rotatable bonds is 8. The predicted octanol–water partition coefficient (Wildman–Crippen LogP) is 4.99. The summed E-state index contributed by atoms with van der Waals surface area (Å²) in [5.74, 6) is 0.762. The van der Waals surface area contributed by atoms with Crippen LogP contribution in [0.5, 0.6) is 17.2 Å². The smallest absolute Gasteiger partial charge is 0.282 e. The first-order valence-electron chi connectivity index (χ1n) is 11.1. The first-order valence-corrected chi connectivity index (χ1v) is 11.5. The van der Waals surface area contributed by atoms with E-state index in [4.69, 9.17) is 25.8 Å². The Morgan fingerprint density at radius 2 is 1.68 bits per heavy atom. The molecule has 0 unspecified atom stereocenters. The fourth-order valence-corrected chi connectivity index (χ4v) is 4.46. The molecular weight excluding hydrogens is 506 g/mol. The molecule has 11 nitrogen and oxygen atoms in total. The van der Waals surface area contributed by atoms with Gasteiger partial charge in [-0.25, -0.2) is 0 Å². The van der Waals surface area contributed by atoms with Crippen molar-refractivity contribution in [3.05, 3.63) is 96.5 Å². The molecule has 3 aromatic carbocycles. The molecule has 3 aromatic rings. The zero-order valence-electron chi connectivity index (χ0n) is 19.9. The van der Waals surface area contributed by atoms with Gasteiger partial charge in [-0.1, -0.05) is 11.6 Å². The second kappa shape index (κ2) is 10.7. The fraction of sp³-hybridized carbons (Fsp3) is 0.240.